The van der Waals surface area contributed by atoms with Crippen LogP contribution in [0.5, 0.6) is 0 Å². The predicted molar refractivity (Wildman–Crippen MR) is 81.3 cm³/mol. The van der Waals surface area contributed by atoms with Crippen molar-refractivity contribution in [2.45, 2.75) is 11.0 Å². The lowest BCUT2D eigenvalue weighted by molar-refractivity contribution is 0.446. The molecule has 0 N–H and O–H groups in total. The van der Waals surface area contributed by atoms with Crippen molar-refractivity contribution in [2.24, 2.45) is 0 Å². The Morgan fingerprint density at radius 2 is 1.70 bits per heavy atom. The molecule has 4 rings (SSSR count). The molecular formula is C15H10N4O3S. The first kappa shape index (κ1) is 13.8. The second kappa shape index (κ2) is 6.09. The van der Waals surface area contributed by atoms with Gasteiger partial charge in [0, 0.05) is 5.56 Å². The summed E-state index contributed by atoms with van der Waals surface area (Å²) in [5.74, 6) is 2.30. The highest BCUT2D eigenvalue weighted by molar-refractivity contribution is 7.98. The van der Waals surface area contributed by atoms with E-state index in [0.29, 0.717) is 34.4 Å². The zero-order chi connectivity index (χ0) is 15.5. The van der Waals surface area contributed by atoms with Gasteiger partial charge in [0.1, 0.15) is 0 Å². The Hall–Kier alpha value is -2.87. The van der Waals surface area contributed by atoms with Gasteiger partial charge in [0.05, 0.1) is 12.0 Å². The van der Waals surface area contributed by atoms with Crippen LogP contribution in [0.3, 0.4) is 0 Å². The largest absolute Gasteiger partial charge is 0.459 e. The molecule has 114 valence electrons. The smallest absolute Gasteiger partial charge is 0.284 e. The van der Waals surface area contributed by atoms with Crippen molar-refractivity contribution in [3.63, 3.8) is 0 Å². The molecule has 3 heterocycles. The number of rotatable bonds is 5. The van der Waals surface area contributed by atoms with Gasteiger partial charge < -0.3 is 13.3 Å². The van der Waals surface area contributed by atoms with E-state index in [1.165, 1.54) is 11.8 Å². The highest BCUT2D eigenvalue weighted by Crippen LogP contribution is 2.26. The third-order valence-electron chi connectivity index (χ3n) is 2.95. The molecule has 0 atom stereocenters. The molecule has 23 heavy (non-hydrogen) atoms. The number of thioether (sulfide) groups is 1. The Morgan fingerprint density at radius 1 is 0.826 bits per heavy atom. The normalized spacial score (nSPS) is 11.0. The molecule has 4 aromatic rings. The van der Waals surface area contributed by atoms with Gasteiger partial charge in [-0.25, -0.2) is 0 Å². The van der Waals surface area contributed by atoms with Crippen LogP contribution in [0.2, 0.25) is 0 Å². The van der Waals surface area contributed by atoms with Crippen LogP contribution in [-0.4, -0.2) is 20.4 Å². The second-order valence-corrected chi connectivity index (χ2v) is 5.43. The summed E-state index contributed by atoms with van der Waals surface area (Å²) in [6.45, 7) is 0. The van der Waals surface area contributed by atoms with Crippen LogP contribution in [0.25, 0.3) is 23.1 Å². The van der Waals surface area contributed by atoms with Crippen molar-refractivity contribution in [3.8, 4) is 23.1 Å². The Kier molecular flexibility index (Phi) is 3.65. The molecule has 0 aliphatic carbocycles. The first-order valence-electron chi connectivity index (χ1n) is 6.76. The van der Waals surface area contributed by atoms with E-state index in [1.54, 1.807) is 18.4 Å². The van der Waals surface area contributed by atoms with Gasteiger partial charge in [-0.05, 0) is 24.3 Å². The minimum Gasteiger partial charge on any atom is -0.459 e. The first-order valence-corrected chi connectivity index (χ1v) is 7.75. The van der Waals surface area contributed by atoms with Crippen LogP contribution >= 0.6 is 11.8 Å². The third-order valence-corrected chi connectivity index (χ3v) is 3.75. The number of aromatic nitrogens is 4. The highest BCUT2D eigenvalue weighted by Gasteiger charge is 2.13. The standard InChI is InChI=1S/C15H10N4O3S/c1-2-5-10(6-3-1)13-17-16-12(21-13)9-23-15-19-18-14(22-15)11-7-4-8-20-11/h1-8H,9H2. The summed E-state index contributed by atoms with van der Waals surface area (Å²) in [5.41, 5.74) is 0.883. The van der Waals surface area contributed by atoms with Crippen LogP contribution in [0.15, 0.2) is 67.2 Å². The molecule has 3 aromatic heterocycles. The molecule has 1 aromatic carbocycles. The number of benzene rings is 1. The molecule has 0 bridgehead atoms. The van der Waals surface area contributed by atoms with E-state index in [1.807, 2.05) is 30.3 Å². The van der Waals surface area contributed by atoms with Crippen LogP contribution < -0.4 is 0 Å². The minimum absolute atomic E-state index is 0.341. The molecule has 0 saturated carbocycles. The van der Waals surface area contributed by atoms with Gasteiger partial charge in [0.25, 0.3) is 11.1 Å². The van der Waals surface area contributed by atoms with E-state index in [0.717, 1.165) is 5.56 Å². The van der Waals surface area contributed by atoms with Crippen molar-refractivity contribution in [1.29, 1.82) is 0 Å². The van der Waals surface area contributed by atoms with E-state index in [2.05, 4.69) is 20.4 Å². The van der Waals surface area contributed by atoms with E-state index in [4.69, 9.17) is 13.3 Å². The molecule has 0 unspecified atom stereocenters. The van der Waals surface area contributed by atoms with E-state index in [-0.39, 0.29) is 0 Å². The summed E-state index contributed by atoms with van der Waals surface area (Å²) in [6, 6.07) is 13.1. The minimum atomic E-state index is 0.341. The highest BCUT2D eigenvalue weighted by atomic mass is 32.2. The van der Waals surface area contributed by atoms with Crippen LogP contribution in [0.4, 0.5) is 0 Å². The number of hydrogen-bond donors (Lipinski definition) is 0. The molecule has 0 spiro atoms. The molecule has 0 amide bonds. The lowest BCUT2D eigenvalue weighted by Crippen LogP contribution is -1.80. The van der Waals surface area contributed by atoms with Gasteiger partial charge in [0.15, 0.2) is 5.76 Å². The lowest BCUT2D eigenvalue weighted by Gasteiger charge is -1.92. The predicted octanol–water partition coefficient (Wildman–Crippen LogP) is 3.67. The zero-order valence-corrected chi connectivity index (χ0v) is 12.6. The van der Waals surface area contributed by atoms with Gasteiger partial charge in [-0.1, -0.05) is 30.0 Å². The maximum absolute atomic E-state index is 5.62. The van der Waals surface area contributed by atoms with Crippen molar-refractivity contribution in [1.82, 2.24) is 20.4 Å². The van der Waals surface area contributed by atoms with E-state index < -0.39 is 0 Å². The summed E-state index contributed by atoms with van der Waals surface area (Å²) >= 11 is 1.32. The number of furan rings is 1. The zero-order valence-electron chi connectivity index (χ0n) is 11.7. The molecule has 0 saturated heterocycles. The molecule has 8 heteroatoms. The molecule has 7 nitrogen and oxygen atoms in total. The van der Waals surface area contributed by atoms with Crippen LogP contribution in [0, 0.1) is 0 Å². The molecule has 0 aliphatic rings. The topological polar surface area (TPSA) is 91.0 Å². The monoisotopic (exact) mass is 326 g/mol. The molecular weight excluding hydrogens is 316 g/mol. The molecule has 0 aliphatic heterocycles. The third kappa shape index (κ3) is 3.02. The van der Waals surface area contributed by atoms with Gasteiger partial charge >= 0.3 is 0 Å². The Bertz CT molecular complexity index is 887. The Morgan fingerprint density at radius 3 is 2.52 bits per heavy atom. The van der Waals surface area contributed by atoms with Gasteiger partial charge in [0.2, 0.25) is 11.8 Å². The van der Waals surface area contributed by atoms with E-state index >= 15 is 0 Å². The van der Waals surface area contributed by atoms with Crippen molar-refractivity contribution < 1.29 is 13.3 Å². The fourth-order valence-electron chi connectivity index (χ4n) is 1.90. The summed E-state index contributed by atoms with van der Waals surface area (Å²) in [4.78, 5) is 0. The van der Waals surface area contributed by atoms with Crippen LogP contribution in [0.1, 0.15) is 5.89 Å². The van der Waals surface area contributed by atoms with E-state index in [9.17, 15) is 0 Å². The maximum atomic E-state index is 5.62. The fourth-order valence-corrected chi connectivity index (χ4v) is 2.50. The average molecular weight is 326 g/mol. The quantitative estimate of drug-likeness (QED) is 0.513. The van der Waals surface area contributed by atoms with Crippen LogP contribution in [-0.2, 0) is 5.75 Å². The van der Waals surface area contributed by atoms with Crippen molar-refractivity contribution in [2.75, 3.05) is 0 Å². The Balaban J connectivity index is 1.43. The fraction of sp³-hybridized carbons (Fsp3) is 0.0667. The van der Waals surface area contributed by atoms with Gasteiger partial charge in [-0.15, -0.1) is 20.4 Å². The number of nitrogens with zero attached hydrogens (tertiary/aromatic N) is 4. The summed E-state index contributed by atoms with van der Waals surface area (Å²) in [5, 5.41) is 16.3. The Labute approximate surface area is 134 Å². The van der Waals surface area contributed by atoms with Crippen molar-refractivity contribution in [3.05, 3.63) is 54.6 Å². The van der Waals surface area contributed by atoms with Crippen molar-refractivity contribution >= 4 is 11.8 Å². The summed E-state index contributed by atoms with van der Waals surface area (Å²) < 4.78 is 16.3. The molecule has 0 radical (unpaired) electrons. The number of hydrogen-bond acceptors (Lipinski definition) is 8. The van der Waals surface area contributed by atoms with Gasteiger partial charge in [-0.2, -0.15) is 0 Å². The average Bonchev–Trinajstić information content (AvgIpc) is 3.33. The first-order chi connectivity index (χ1) is 11.4. The summed E-state index contributed by atoms with van der Waals surface area (Å²) in [7, 11) is 0. The lowest BCUT2D eigenvalue weighted by atomic mass is 10.2. The maximum Gasteiger partial charge on any atom is 0.284 e. The molecule has 0 fully saturated rings. The van der Waals surface area contributed by atoms with Gasteiger partial charge in [-0.3, -0.25) is 0 Å². The second-order valence-electron chi connectivity index (χ2n) is 4.51. The summed E-state index contributed by atoms with van der Waals surface area (Å²) in [6.07, 6.45) is 1.55. The SMILES string of the molecule is c1ccc(-c2nnc(CSc3nnc(-c4ccco4)o3)o2)cc1.